The van der Waals surface area contributed by atoms with E-state index in [0.29, 0.717) is 22.2 Å². The zero-order valence-electron chi connectivity index (χ0n) is 17.2. The van der Waals surface area contributed by atoms with Crippen molar-refractivity contribution in [3.05, 3.63) is 82.0 Å². The highest BCUT2D eigenvalue weighted by atomic mass is 16.5. The number of rotatable bonds is 5. The van der Waals surface area contributed by atoms with Gasteiger partial charge in [-0.25, -0.2) is 9.79 Å². The van der Waals surface area contributed by atoms with Crippen LogP contribution in [0.15, 0.2) is 64.8 Å². The first-order valence-corrected chi connectivity index (χ1v) is 10.4. The number of fused-ring (bicyclic) bond motifs is 1. The van der Waals surface area contributed by atoms with E-state index in [1.807, 2.05) is 53.4 Å². The van der Waals surface area contributed by atoms with Crippen LogP contribution in [0, 0.1) is 0 Å². The number of imidazole rings is 1. The average Bonchev–Trinajstić information content (AvgIpc) is 3.17. The van der Waals surface area contributed by atoms with E-state index in [1.54, 1.807) is 12.3 Å². The van der Waals surface area contributed by atoms with Gasteiger partial charge in [0.2, 0.25) is 5.88 Å². The molecule has 11 heteroatoms. The summed E-state index contributed by atoms with van der Waals surface area (Å²) in [5.41, 5.74) is 1.53. The molecule has 1 aliphatic rings. The molecule has 33 heavy (non-hydrogen) atoms. The van der Waals surface area contributed by atoms with E-state index in [1.165, 1.54) is 4.52 Å². The highest BCUT2D eigenvalue weighted by molar-refractivity contribution is 5.56. The summed E-state index contributed by atoms with van der Waals surface area (Å²) in [5.74, 6) is 0.306. The number of aromatic hydroxyl groups is 1. The van der Waals surface area contributed by atoms with Gasteiger partial charge >= 0.3 is 11.7 Å². The van der Waals surface area contributed by atoms with E-state index in [4.69, 9.17) is 4.74 Å². The van der Waals surface area contributed by atoms with Crippen molar-refractivity contribution < 1.29 is 9.84 Å². The molecule has 0 saturated heterocycles. The quantitative estimate of drug-likeness (QED) is 0.372. The van der Waals surface area contributed by atoms with Crippen molar-refractivity contribution in [2.45, 2.75) is 18.9 Å². The molecule has 5 aromatic rings. The Morgan fingerprint density at radius 2 is 1.91 bits per heavy atom. The monoisotopic (exact) mass is 442 g/mol. The van der Waals surface area contributed by atoms with Crippen LogP contribution in [0.3, 0.4) is 0 Å². The van der Waals surface area contributed by atoms with Crippen LogP contribution >= 0.6 is 0 Å². The van der Waals surface area contributed by atoms with Gasteiger partial charge in [0.15, 0.2) is 5.65 Å². The Morgan fingerprint density at radius 1 is 1.12 bits per heavy atom. The van der Waals surface area contributed by atoms with E-state index in [0.717, 1.165) is 18.5 Å². The number of nitrogens with zero attached hydrogens (tertiary/aromatic N) is 6. The van der Waals surface area contributed by atoms with Crippen LogP contribution in [0.4, 0.5) is 0 Å². The smallest absolute Gasteiger partial charge is 0.327 e. The summed E-state index contributed by atoms with van der Waals surface area (Å²) in [5, 5.41) is 14.8. The molecule has 0 spiro atoms. The summed E-state index contributed by atoms with van der Waals surface area (Å²) in [6.07, 6.45) is 9.06. The Hall–Kier alpha value is -4.67. The first-order valence-electron chi connectivity index (χ1n) is 10.4. The highest BCUT2D eigenvalue weighted by Gasteiger charge is 2.21. The van der Waals surface area contributed by atoms with Crippen LogP contribution in [0.2, 0.25) is 0 Å². The molecule has 0 aliphatic heterocycles. The fourth-order valence-electron chi connectivity index (χ4n) is 3.41. The molecule has 1 fully saturated rings. The lowest BCUT2D eigenvalue weighted by Gasteiger charge is -2.06. The Labute approximate surface area is 185 Å². The van der Waals surface area contributed by atoms with Gasteiger partial charge in [-0.1, -0.05) is 0 Å². The molecule has 3 N–H and O–H groups in total. The summed E-state index contributed by atoms with van der Waals surface area (Å²) in [7, 11) is 0. The molecule has 4 heterocycles. The maximum Gasteiger partial charge on any atom is 0.327 e. The SMILES string of the molecule is O=c1[nH]c(O)c(/C=c2\cnn3c(=NC4CC4)nc(Oc4ccc(-n5cccc5)cc4)nc23)[nH]1. The van der Waals surface area contributed by atoms with Gasteiger partial charge in [0.1, 0.15) is 11.4 Å². The van der Waals surface area contributed by atoms with Gasteiger partial charge in [-0.3, -0.25) is 4.98 Å². The number of nitrogens with one attached hydrogen (secondary N) is 2. The molecular formula is C22H18N8O3. The van der Waals surface area contributed by atoms with Crippen molar-refractivity contribution in [1.82, 2.24) is 34.1 Å². The normalized spacial score (nSPS) is 14.9. The Kier molecular flexibility index (Phi) is 4.32. The zero-order valence-corrected chi connectivity index (χ0v) is 17.2. The molecule has 0 bridgehead atoms. The molecule has 0 unspecified atom stereocenters. The molecule has 164 valence electrons. The topological polar surface area (TPSA) is 138 Å². The maximum atomic E-state index is 11.5. The molecule has 1 aromatic carbocycles. The molecule has 0 radical (unpaired) electrons. The van der Waals surface area contributed by atoms with Crippen molar-refractivity contribution in [1.29, 1.82) is 0 Å². The molecule has 1 saturated carbocycles. The third-order valence-electron chi connectivity index (χ3n) is 5.19. The predicted molar refractivity (Wildman–Crippen MR) is 117 cm³/mol. The van der Waals surface area contributed by atoms with Crippen LogP contribution in [0.25, 0.3) is 17.4 Å². The lowest BCUT2D eigenvalue weighted by molar-refractivity contribution is 0.435. The fourth-order valence-corrected chi connectivity index (χ4v) is 3.41. The van der Waals surface area contributed by atoms with Gasteiger partial charge in [-0.15, -0.1) is 0 Å². The number of benzene rings is 1. The second-order valence-electron chi connectivity index (χ2n) is 7.67. The van der Waals surface area contributed by atoms with E-state index < -0.39 is 5.69 Å². The summed E-state index contributed by atoms with van der Waals surface area (Å²) < 4.78 is 9.46. The third kappa shape index (κ3) is 3.76. The lowest BCUT2D eigenvalue weighted by Crippen LogP contribution is -2.23. The van der Waals surface area contributed by atoms with Gasteiger partial charge in [-0.05, 0) is 55.3 Å². The minimum atomic E-state index is -0.512. The highest BCUT2D eigenvalue weighted by Crippen LogP contribution is 2.23. The van der Waals surface area contributed by atoms with E-state index in [2.05, 4.69) is 30.0 Å². The van der Waals surface area contributed by atoms with Crippen LogP contribution in [-0.4, -0.2) is 45.3 Å². The molecule has 0 atom stereocenters. The number of aromatic nitrogens is 7. The van der Waals surface area contributed by atoms with E-state index >= 15 is 0 Å². The first kappa shape index (κ1) is 19.0. The number of H-pyrrole nitrogens is 2. The van der Waals surface area contributed by atoms with Crippen molar-refractivity contribution >= 4 is 11.7 Å². The van der Waals surface area contributed by atoms with Gasteiger partial charge in [0.25, 0.3) is 5.62 Å². The van der Waals surface area contributed by atoms with Gasteiger partial charge < -0.3 is 19.4 Å². The van der Waals surface area contributed by atoms with E-state index in [-0.39, 0.29) is 23.6 Å². The molecule has 6 rings (SSSR count). The number of hydrogen-bond acceptors (Lipinski definition) is 7. The maximum absolute atomic E-state index is 11.5. The third-order valence-corrected chi connectivity index (χ3v) is 5.19. The largest absolute Gasteiger partial charge is 0.493 e. The van der Waals surface area contributed by atoms with Crippen LogP contribution < -0.4 is 21.3 Å². The number of aromatic amines is 2. The predicted octanol–water partition coefficient (Wildman–Crippen LogP) is 1.04. The summed E-state index contributed by atoms with van der Waals surface area (Å²) in [4.78, 5) is 29.9. The van der Waals surface area contributed by atoms with Gasteiger partial charge in [0, 0.05) is 23.3 Å². The Bertz CT molecular complexity index is 1620. The van der Waals surface area contributed by atoms with Crippen molar-refractivity contribution in [2.24, 2.45) is 4.99 Å². The van der Waals surface area contributed by atoms with Crippen LogP contribution in [0.1, 0.15) is 18.5 Å². The van der Waals surface area contributed by atoms with Crippen LogP contribution in [0.5, 0.6) is 17.6 Å². The molecule has 1 aliphatic carbocycles. The summed E-state index contributed by atoms with van der Waals surface area (Å²) in [6, 6.07) is 11.8. The minimum absolute atomic E-state index is 0.123. The molecule has 11 nitrogen and oxygen atoms in total. The zero-order chi connectivity index (χ0) is 22.4. The van der Waals surface area contributed by atoms with Crippen LogP contribution in [-0.2, 0) is 0 Å². The lowest BCUT2D eigenvalue weighted by atomic mass is 10.3. The number of hydrogen-bond donors (Lipinski definition) is 3. The van der Waals surface area contributed by atoms with Gasteiger partial charge in [0.05, 0.1) is 12.2 Å². The Balaban J connectivity index is 1.43. The second kappa shape index (κ2) is 7.48. The van der Waals surface area contributed by atoms with E-state index in [9.17, 15) is 9.90 Å². The standard InChI is InChI=1S/C22H18N8O3/c31-19-17(25-21(32)27-19)11-13-12-23-30-18(13)26-22(28-20(30)24-14-3-4-14)33-16-7-5-15(6-8-16)29-9-1-2-10-29/h1-2,5-12,14,31H,3-4H2,(H2,25,27,32)/b13-11+,24-20?. The van der Waals surface area contributed by atoms with Crippen molar-refractivity contribution in [3.8, 4) is 23.3 Å². The fraction of sp³-hybridized carbons (Fsp3) is 0.136. The molecular weight excluding hydrogens is 424 g/mol. The number of ether oxygens (including phenoxy) is 1. The molecule has 4 aromatic heterocycles. The summed E-state index contributed by atoms with van der Waals surface area (Å²) in [6.45, 7) is 0. The minimum Gasteiger partial charge on any atom is -0.493 e. The van der Waals surface area contributed by atoms with Crippen molar-refractivity contribution in [2.75, 3.05) is 0 Å². The first-order chi connectivity index (χ1) is 16.1. The Morgan fingerprint density at radius 3 is 2.61 bits per heavy atom. The summed E-state index contributed by atoms with van der Waals surface area (Å²) >= 11 is 0. The average molecular weight is 442 g/mol. The molecule has 0 amide bonds. The van der Waals surface area contributed by atoms with Crippen molar-refractivity contribution in [3.63, 3.8) is 0 Å². The van der Waals surface area contributed by atoms with Gasteiger partial charge in [-0.2, -0.15) is 19.6 Å². The second-order valence-corrected chi connectivity index (χ2v) is 7.67.